The maximum Gasteiger partial charge on any atom is 0.182 e. The van der Waals surface area contributed by atoms with Gasteiger partial charge < -0.3 is 9.72 Å². The van der Waals surface area contributed by atoms with Crippen LogP contribution in [0.4, 0.5) is 8.78 Å². The Balaban J connectivity index is 2.36. The van der Waals surface area contributed by atoms with Gasteiger partial charge in [-0.2, -0.15) is 0 Å². The highest BCUT2D eigenvalue weighted by Crippen LogP contribution is 2.28. The zero-order valence-electron chi connectivity index (χ0n) is 10.8. The Kier molecular flexibility index (Phi) is 3.70. The van der Waals surface area contributed by atoms with E-state index in [1.807, 2.05) is 22.6 Å². The summed E-state index contributed by atoms with van der Waals surface area (Å²) in [5.41, 5.74) is 1.95. The van der Waals surface area contributed by atoms with Crippen LogP contribution in [0.15, 0.2) is 30.3 Å². The van der Waals surface area contributed by atoms with E-state index in [9.17, 15) is 8.78 Å². The van der Waals surface area contributed by atoms with E-state index in [2.05, 4.69) is 4.98 Å². The number of methoxy groups -OCH3 is 1. The number of aromatic amines is 1. The number of hydrogen-bond donors (Lipinski definition) is 1. The maximum atomic E-state index is 13.8. The summed E-state index contributed by atoms with van der Waals surface area (Å²) < 4.78 is 34.9. The number of nitrogens with zero attached hydrogens (tertiary/aromatic N) is 1. The number of H-pyrrole nitrogens is 1. The molecular formula is C14H9F2IN2OS. The molecule has 0 saturated carbocycles. The number of ether oxygens (including phenoxy) is 1. The molecule has 0 aliphatic carbocycles. The number of nitrogens with one attached hydrogen (secondary N) is 1. The number of hydrogen-bond acceptors (Lipinski definition) is 2. The third-order valence-corrected chi connectivity index (χ3v) is 4.26. The molecule has 108 valence electrons. The highest BCUT2D eigenvalue weighted by Gasteiger charge is 2.13. The van der Waals surface area contributed by atoms with Crippen molar-refractivity contribution in [2.45, 2.75) is 0 Å². The van der Waals surface area contributed by atoms with Gasteiger partial charge in [0.25, 0.3) is 0 Å². The molecule has 7 heteroatoms. The highest BCUT2D eigenvalue weighted by molar-refractivity contribution is 14.1. The monoisotopic (exact) mass is 418 g/mol. The van der Waals surface area contributed by atoms with Crippen molar-refractivity contribution in [1.29, 1.82) is 0 Å². The number of aromatic nitrogens is 2. The van der Waals surface area contributed by atoms with Gasteiger partial charge in [0, 0.05) is 15.7 Å². The molecule has 0 spiro atoms. The molecule has 0 saturated heterocycles. The first-order valence-electron chi connectivity index (χ1n) is 5.95. The number of rotatable bonds is 2. The van der Waals surface area contributed by atoms with Crippen molar-refractivity contribution in [3.8, 4) is 11.4 Å². The largest absolute Gasteiger partial charge is 0.494 e. The van der Waals surface area contributed by atoms with Crippen molar-refractivity contribution in [2.75, 3.05) is 7.11 Å². The van der Waals surface area contributed by atoms with Crippen LogP contribution in [0.3, 0.4) is 0 Å². The summed E-state index contributed by atoms with van der Waals surface area (Å²) in [5, 5.41) is 0. The van der Waals surface area contributed by atoms with Crippen molar-refractivity contribution < 1.29 is 13.5 Å². The molecule has 3 nitrogen and oxygen atoms in total. The lowest BCUT2D eigenvalue weighted by Crippen LogP contribution is -1.98. The molecule has 1 aromatic heterocycles. The van der Waals surface area contributed by atoms with Gasteiger partial charge in [-0.3, -0.25) is 4.57 Å². The fourth-order valence-electron chi connectivity index (χ4n) is 2.17. The first kappa shape index (κ1) is 14.5. The van der Waals surface area contributed by atoms with Crippen LogP contribution in [0.25, 0.3) is 16.7 Å². The van der Waals surface area contributed by atoms with Gasteiger partial charge in [0.1, 0.15) is 5.82 Å². The minimum atomic E-state index is -0.470. The van der Waals surface area contributed by atoms with E-state index >= 15 is 0 Å². The standard InChI is InChI=1S/C14H9F2IN2OS/c1-20-13-6-12-10(5-8(13)16)18-14(21)19(12)11-3-2-7(15)4-9(11)17/h2-6H,1H3,(H,18,21). The number of halogens is 3. The van der Waals surface area contributed by atoms with Crippen molar-refractivity contribution in [1.82, 2.24) is 9.55 Å². The van der Waals surface area contributed by atoms with E-state index in [4.69, 9.17) is 17.0 Å². The lowest BCUT2D eigenvalue weighted by Gasteiger charge is -2.08. The van der Waals surface area contributed by atoms with E-state index < -0.39 is 5.82 Å². The lowest BCUT2D eigenvalue weighted by atomic mass is 10.2. The van der Waals surface area contributed by atoms with E-state index in [0.29, 0.717) is 19.4 Å². The normalized spacial score (nSPS) is 11.0. The van der Waals surface area contributed by atoms with E-state index in [1.54, 1.807) is 16.7 Å². The van der Waals surface area contributed by atoms with Crippen molar-refractivity contribution in [3.05, 3.63) is 50.3 Å². The van der Waals surface area contributed by atoms with Crippen LogP contribution in [-0.2, 0) is 0 Å². The average Bonchev–Trinajstić information content (AvgIpc) is 2.73. The van der Waals surface area contributed by atoms with Gasteiger partial charge >= 0.3 is 0 Å². The summed E-state index contributed by atoms with van der Waals surface area (Å²) in [6.45, 7) is 0. The highest BCUT2D eigenvalue weighted by atomic mass is 127. The van der Waals surface area contributed by atoms with Gasteiger partial charge in [-0.15, -0.1) is 0 Å². The average molecular weight is 418 g/mol. The van der Waals surface area contributed by atoms with Crippen LogP contribution in [0, 0.1) is 20.0 Å². The predicted octanol–water partition coefficient (Wildman–Crippen LogP) is 4.58. The van der Waals surface area contributed by atoms with E-state index in [0.717, 1.165) is 5.69 Å². The van der Waals surface area contributed by atoms with Crippen LogP contribution in [0.5, 0.6) is 5.75 Å². The van der Waals surface area contributed by atoms with Crippen molar-refractivity contribution >= 4 is 45.8 Å². The molecule has 0 unspecified atom stereocenters. The second-order valence-electron chi connectivity index (χ2n) is 4.37. The number of benzene rings is 2. The molecule has 0 atom stereocenters. The van der Waals surface area contributed by atoms with Crippen LogP contribution < -0.4 is 4.74 Å². The second-order valence-corrected chi connectivity index (χ2v) is 5.91. The van der Waals surface area contributed by atoms with Gasteiger partial charge in [-0.25, -0.2) is 8.78 Å². The minimum absolute atomic E-state index is 0.127. The van der Waals surface area contributed by atoms with Gasteiger partial charge in [0.05, 0.1) is 23.8 Å². The summed E-state index contributed by atoms with van der Waals surface area (Å²) in [5.74, 6) is -0.664. The van der Waals surface area contributed by atoms with Gasteiger partial charge in [0.2, 0.25) is 0 Å². The first-order valence-corrected chi connectivity index (χ1v) is 7.43. The minimum Gasteiger partial charge on any atom is -0.494 e. The van der Waals surface area contributed by atoms with Crippen LogP contribution in [0.1, 0.15) is 0 Å². The molecule has 0 amide bonds. The zero-order chi connectivity index (χ0) is 15.1. The second kappa shape index (κ2) is 5.38. The Bertz CT molecular complexity index is 904. The third-order valence-electron chi connectivity index (χ3n) is 3.11. The molecule has 3 rings (SSSR count). The van der Waals surface area contributed by atoms with Crippen molar-refractivity contribution in [2.24, 2.45) is 0 Å². The Morgan fingerprint density at radius 2 is 2.00 bits per heavy atom. The molecule has 2 aromatic carbocycles. The summed E-state index contributed by atoms with van der Waals surface area (Å²) >= 11 is 7.33. The summed E-state index contributed by atoms with van der Waals surface area (Å²) in [6.07, 6.45) is 0. The molecule has 1 N–H and O–H groups in total. The third kappa shape index (κ3) is 2.44. The van der Waals surface area contributed by atoms with Gasteiger partial charge in [-0.1, -0.05) is 0 Å². The molecule has 1 heterocycles. The molecule has 0 aliphatic heterocycles. The Morgan fingerprint density at radius 1 is 1.24 bits per heavy atom. The van der Waals surface area contributed by atoms with Crippen LogP contribution in [0.2, 0.25) is 0 Å². The molecule has 0 radical (unpaired) electrons. The Morgan fingerprint density at radius 3 is 2.67 bits per heavy atom. The molecule has 3 aromatic rings. The van der Waals surface area contributed by atoms with Gasteiger partial charge in [0.15, 0.2) is 16.3 Å². The zero-order valence-corrected chi connectivity index (χ0v) is 13.8. The Hall–Kier alpha value is -1.48. The lowest BCUT2D eigenvalue weighted by molar-refractivity contribution is 0.387. The van der Waals surface area contributed by atoms with E-state index in [1.165, 1.54) is 25.3 Å². The first-order chi connectivity index (χ1) is 10.0. The van der Waals surface area contributed by atoms with Crippen molar-refractivity contribution in [3.63, 3.8) is 0 Å². The fraction of sp³-hybridized carbons (Fsp3) is 0.0714. The fourth-order valence-corrected chi connectivity index (χ4v) is 3.19. The van der Waals surface area contributed by atoms with Crippen LogP contribution in [-0.4, -0.2) is 16.7 Å². The quantitative estimate of drug-likeness (QED) is 0.488. The molecule has 0 aliphatic rings. The topological polar surface area (TPSA) is 29.9 Å². The number of imidazole rings is 1. The molecule has 0 bridgehead atoms. The summed E-state index contributed by atoms with van der Waals surface area (Å²) in [4.78, 5) is 2.94. The smallest absolute Gasteiger partial charge is 0.182 e. The SMILES string of the molecule is COc1cc2c(cc1F)[nH]c(=S)n2-c1ccc(F)cc1I. The molecular weight excluding hydrogens is 409 g/mol. The summed E-state index contributed by atoms with van der Waals surface area (Å²) in [6, 6.07) is 7.30. The molecule has 21 heavy (non-hydrogen) atoms. The maximum absolute atomic E-state index is 13.8. The van der Waals surface area contributed by atoms with Crippen LogP contribution >= 0.6 is 34.8 Å². The van der Waals surface area contributed by atoms with Gasteiger partial charge in [-0.05, 0) is 53.0 Å². The predicted molar refractivity (Wildman–Crippen MR) is 87.6 cm³/mol. The number of fused-ring (bicyclic) bond motifs is 1. The summed E-state index contributed by atoms with van der Waals surface area (Å²) in [7, 11) is 1.40. The Labute approximate surface area is 137 Å². The van der Waals surface area contributed by atoms with E-state index in [-0.39, 0.29) is 11.6 Å². The molecule has 0 fully saturated rings.